The summed E-state index contributed by atoms with van der Waals surface area (Å²) in [6.45, 7) is 6.87. The second-order valence-corrected chi connectivity index (χ2v) is 8.15. The summed E-state index contributed by atoms with van der Waals surface area (Å²) in [6.07, 6.45) is 3.97. The summed E-state index contributed by atoms with van der Waals surface area (Å²) in [5.74, 6) is 0.862. The number of fused-ring (bicyclic) bond motifs is 1. The molecule has 0 saturated carbocycles. The van der Waals surface area contributed by atoms with Gasteiger partial charge >= 0.3 is 0 Å². The number of benzene rings is 1. The Morgan fingerprint density at radius 1 is 1.10 bits per heavy atom. The van der Waals surface area contributed by atoms with Crippen molar-refractivity contribution in [3.05, 3.63) is 51.9 Å². The Kier molecular flexibility index (Phi) is 6.09. The van der Waals surface area contributed by atoms with Crippen LogP contribution in [0.4, 0.5) is 0 Å². The Labute approximate surface area is 172 Å². The number of aromatic amines is 1. The van der Waals surface area contributed by atoms with Gasteiger partial charge in [0.1, 0.15) is 5.82 Å². The van der Waals surface area contributed by atoms with Crippen LogP contribution in [0.3, 0.4) is 0 Å². The first-order chi connectivity index (χ1) is 14.2. The van der Waals surface area contributed by atoms with E-state index < -0.39 is 0 Å². The zero-order valence-electron chi connectivity index (χ0n) is 17.2. The lowest BCUT2D eigenvalue weighted by molar-refractivity contribution is -0.137. The molecule has 1 amide bonds. The van der Waals surface area contributed by atoms with Crippen LogP contribution in [0.2, 0.25) is 0 Å². The molecule has 1 fully saturated rings. The number of carbonyl (C=O) groups is 1. The van der Waals surface area contributed by atoms with Crippen molar-refractivity contribution < 1.29 is 4.79 Å². The molecular weight excluding hydrogens is 364 g/mol. The maximum atomic E-state index is 13.1. The lowest BCUT2D eigenvalue weighted by Crippen LogP contribution is -2.50. The van der Waals surface area contributed by atoms with E-state index in [1.54, 1.807) is 0 Å². The number of aromatic nitrogens is 2. The van der Waals surface area contributed by atoms with Crippen molar-refractivity contribution in [3.63, 3.8) is 0 Å². The fourth-order valence-corrected chi connectivity index (χ4v) is 4.53. The van der Waals surface area contributed by atoms with Crippen LogP contribution in [0.25, 0.3) is 11.4 Å². The van der Waals surface area contributed by atoms with E-state index in [9.17, 15) is 9.59 Å². The van der Waals surface area contributed by atoms with Crippen molar-refractivity contribution in [3.8, 4) is 11.4 Å². The number of carbonyl (C=O) groups excluding carboxylic acids is 1. The van der Waals surface area contributed by atoms with Crippen LogP contribution in [0.1, 0.15) is 37.4 Å². The number of piperazine rings is 1. The smallest absolute Gasteiger partial charge is 0.254 e. The molecule has 2 aliphatic rings. The van der Waals surface area contributed by atoms with Gasteiger partial charge in [0.2, 0.25) is 5.91 Å². The van der Waals surface area contributed by atoms with Gasteiger partial charge in [0.25, 0.3) is 5.56 Å². The number of aryl methyl sites for hydroxylation is 1. The normalized spacial score (nSPS) is 20.2. The van der Waals surface area contributed by atoms with Crippen molar-refractivity contribution in [2.75, 3.05) is 32.7 Å². The summed E-state index contributed by atoms with van der Waals surface area (Å²) in [6, 6.07) is 9.73. The van der Waals surface area contributed by atoms with E-state index in [0.29, 0.717) is 18.7 Å². The van der Waals surface area contributed by atoms with Gasteiger partial charge in [0, 0.05) is 43.2 Å². The lowest BCUT2D eigenvalue weighted by Gasteiger charge is -2.36. The first kappa shape index (κ1) is 19.8. The predicted octanol–water partition coefficient (Wildman–Crippen LogP) is 2.49. The van der Waals surface area contributed by atoms with Crippen LogP contribution < -0.4 is 5.56 Å². The number of nitrogens with zero attached hydrogens (tertiary/aromatic N) is 3. The number of hydrogen-bond donors (Lipinski definition) is 1. The largest absolute Gasteiger partial charge is 0.340 e. The van der Waals surface area contributed by atoms with Crippen LogP contribution in [0.15, 0.2) is 35.1 Å². The molecule has 1 saturated heterocycles. The van der Waals surface area contributed by atoms with E-state index in [1.165, 1.54) is 0 Å². The molecular formula is C23H30N4O2. The van der Waals surface area contributed by atoms with Crippen LogP contribution in [0, 0.1) is 5.92 Å². The third-order valence-corrected chi connectivity index (χ3v) is 6.19. The summed E-state index contributed by atoms with van der Waals surface area (Å²) in [5.41, 5.74) is 2.47. The SMILES string of the molecule is CCCN1CCN(C(=O)C2CCc3nc(-c4ccccc4)[nH]c(=O)c3CC2)CC1. The number of hydrogen-bond acceptors (Lipinski definition) is 4. The van der Waals surface area contributed by atoms with Crippen LogP contribution in [-0.2, 0) is 17.6 Å². The third-order valence-electron chi connectivity index (χ3n) is 6.19. The Morgan fingerprint density at radius 2 is 1.83 bits per heavy atom. The molecule has 4 rings (SSSR count). The monoisotopic (exact) mass is 394 g/mol. The van der Waals surface area contributed by atoms with Crippen LogP contribution in [-0.4, -0.2) is 58.4 Å². The van der Waals surface area contributed by atoms with Crippen molar-refractivity contribution in [1.29, 1.82) is 0 Å². The summed E-state index contributed by atoms with van der Waals surface area (Å²) in [5, 5.41) is 0. The number of H-pyrrole nitrogens is 1. The molecule has 29 heavy (non-hydrogen) atoms. The molecule has 6 heteroatoms. The molecule has 1 aliphatic heterocycles. The van der Waals surface area contributed by atoms with E-state index in [2.05, 4.69) is 16.8 Å². The van der Waals surface area contributed by atoms with E-state index in [4.69, 9.17) is 4.98 Å². The first-order valence-corrected chi connectivity index (χ1v) is 10.8. The zero-order valence-corrected chi connectivity index (χ0v) is 17.2. The van der Waals surface area contributed by atoms with Gasteiger partial charge in [-0.25, -0.2) is 4.98 Å². The highest BCUT2D eigenvalue weighted by molar-refractivity contribution is 5.79. The minimum Gasteiger partial charge on any atom is -0.340 e. The summed E-state index contributed by atoms with van der Waals surface area (Å²) in [4.78, 5) is 37.9. The minimum absolute atomic E-state index is 0.0125. The predicted molar refractivity (Wildman–Crippen MR) is 114 cm³/mol. The van der Waals surface area contributed by atoms with E-state index in [-0.39, 0.29) is 17.4 Å². The van der Waals surface area contributed by atoms with Gasteiger partial charge in [-0.3, -0.25) is 14.5 Å². The number of rotatable bonds is 4. The summed E-state index contributed by atoms with van der Waals surface area (Å²) < 4.78 is 0. The van der Waals surface area contributed by atoms with Gasteiger partial charge in [-0.1, -0.05) is 37.3 Å². The highest BCUT2D eigenvalue weighted by Gasteiger charge is 2.30. The zero-order chi connectivity index (χ0) is 20.2. The molecule has 1 unspecified atom stereocenters. The quantitative estimate of drug-likeness (QED) is 0.809. The second kappa shape index (κ2) is 8.91. The Morgan fingerprint density at radius 3 is 2.55 bits per heavy atom. The van der Waals surface area contributed by atoms with Crippen molar-refractivity contribution in [2.45, 2.75) is 39.0 Å². The molecule has 0 bridgehead atoms. The van der Waals surface area contributed by atoms with E-state index in [0.717, 1.165) is 68.8 Å². The molecule has 6 nitrogen and oxygen atoms in total. The number of nitrogens with one attached hydrogen (secondary N) is 1. The standard InChI is InChI=1S/C23H30N4O2/c1-2-12-26-13-15-27(16-14-26)23(29)18-8-10-19-20(11-9-18)24-21(25-22(19)28)17-6-4-3-5-7-17/h3-7,18H,2,8-16H2,1H3,(H,24,25,28). The molecule has 1 atom stereocenters. The maximum absolute atomic E-state index is 13.1. The summed E-state index contributed by atoms with van der Waals surface area (Å²) >= 11 is 0. The Bertz CT molecular complexity index is 901. The molecule has 0 spiro atoms. The highest BCUT2D eigenvalue weighted by atomic mass is 16.2. The van der Waals surface area contributed by atoms with Crippen LogP contribution in [0.5, 0.6) is 0 Å². The maximum Gasteiger partial charge on any atom is 0.254 e. The topological polar surface area (TPSA) is 69.3 Å². The van der Waals surface area contributed by atoms with E-state index in [1.807, 2.05) is 35.2 Å². The molecule has 2 aromatic rings. The molecule has 1 aromatic carbocycles. The molecule has 0 radical (unpaired) electrons. The molecule has 1 aromatic heterocycles. The minimum atomic E-state index is -0.0601. The average Bonchev–Trinajstić information content (AvgIpc) is 2.98. The fraction of sp³-hybridized carbons (Fsp3) is 0.522. The van der Waals surface area contributed by atoms with E-state index >= 15 is 0 Å². The molecule has 1 N–H and O–H groups in total. The number of amides is 1. The molecule has 154 valence electrons. The lowest BCUT2D eigenvalue weighted by atomic mass is 9.97. The van der Waals surface area contributed by atoms with Crippen molar-refractivity contribution >= 4 is 5.91 Å². The third kappa shape index (κ3) is 4.42. The average molecular weight is 395 g/mol. The van der Waals surface area contributed by atoms with Crippen LogP contribution >= 0.6 is 0 Å². The fourth-order valence-electron chi connectivity index (χ4n) is 4.53. The van der Waals surface area contributed by atoms with Gasteiger partial charge in [-0.15, -0.1) is 0 Å². The summed E-state index contributed by atoms with van der Waals surface area (Å²) in [7, 11) is 0. The van der Waals surface area contributed by atoms with Gasteiger partial charge in [0.05, 0.1) is 5.69 Å². The van der Waals surface area contributed by atoms with Crippen molar-refractivity contribution in [2.24, 2.45) is 5.92 Å². The second-order valence-electron chi connectivity index (χ2n) is 8.15. The van der Waals surface area contributed by atoms with Gasteiger partial charge < -0.3 is 9.88 Å². The Balaban J connectivity index is 1.45. The van der Waals surface area contributed by atoms with Gasteiger partial charge in [-0.05, 0) is 38.6 Å². The molecule has 1 aliphatic carbocycles. The van der Waals surface area contributed by atoms with Gasteiger partial charge in [0.15, 0.2) is 0 Å². The molecule has 2 heterocycles. The van der Waals surface area contributed by atoms with Crippen molar-refractivity contribution in [1.82, 2.24) is 19.8 Å². The van der Waals surface area contributed by atoms with Gasteiger partial charge in [-0.2, -0.15) is 0 Å². The first-order valence-electron chi connectivity index (χ1n) is 10.8. The Hall–Kier alpha value is -2.47. The highest BCUT2D eigenvalue weighted by Crippen LogP contribution is 2.25.